The van der Waals surface area contributed by atoms with Gasteiger partial charge < -0.3 is 15.2 Å². The quantitative estimate of drug-likeness (QED) is 0.677. The summed E-state index contributed by atoms with van der Waals surface area (Å²) < 4.78 is 1.37. The van der Waals surface area contributed by atoms with Crippen molar-refractivity contribution in [3.63, 3.8) is 0 Å². The predicted octanol–water partition coefficient (Wildman–Crippen LogP) is 2.02. The fraction of sp³-hybridized carbons (Fsp3) is 0.133. The highest BCUT2D eigenvalue weighted by Crippen LogP contribution is 2.25. The largest absolute Gasteiger partial charge is 0.507 e. The van der Waals surface area contributed by atoms with Crippen LogP contribution < -0.4 is 5.56 Å². The van der Waals surface area contributed by atoms with E-state index in [9.17, 15) is 19.8 Å². The van der Waals surface area contributed by atoms with Crippen LogP contribution in [0.3, 0.4) is 0 Å². The maximum Gasteiger partial charge on any atom is 0.357 e. The van der Waals surface area contributed by atoms with Crippen LogP contribution in [-0.4, -0.2) is 30.9 Å². The number of rotatable bonds is 4. The van der Waals surface area contributed by atoms with E-state index in [4.69, 9.17) is 11.6 Å². The normalized spacial score (nSPS) is 11.0. The monoisotopic (exact) mass is 333 g/mol. The number of hydrogen-bond donors (Lipinski definition) is 3. The molecule has 0 fully saturated rings. The van der Waals surface area contributed by atoms with Gasteiger partial charge in [0.1, 0.15) is 11.4 Å². The van der Waals surface area contributed by atoms with E-state index in [2.05, 4.69) is 10.1 Å². The van der Waals surface area contributed by atoms with Crippen molar-refractivity contribution < 1.29 is 15.0 Å². The number of carboxylic acids is 1. The van der Waals surface area contributed by atoms with Gasteiger partial charge in [0.15, 0.2) is 5.69 Å². The SMILES string of the molecule is O=C(O)c1nn(CCc2ccc(Cl)cc2)c2[nH]c(=O)cc(O)c12. The molecular weight excluding hydrogens is 322 g/mol. The molecule has 2 aromatic heterocycles. The summed E-state index contributed by atoms with van der Waals surface area (Å²) in [6.45, 7) is 0.338. The van der Waals surface area contributed by atoms with Crippen molar-refractivity contribution in [1.29, 1.82) is 0 Å². The van der Waals surface area contributed by atoms with Gasteiger partial charge in [0, 0.05) is 17.6 Å². The van der Waals surface area contributed by atoms with Crippen LogP contribution in [0.25, 0.3) is 11.0 Å². The first-order valence-corrected chi connectivity index (χ1v) is 7.14. The average molecular weight is 334 g/mol. The van der Waals surface area contributed by atoms with Crippen molar-refractivity contribution >= 4 is 28.6 Å². The zero-order valence-electron chi connectivity index (χ0n) is 11.8. The zero-order chi connectivity index (χ0) is 16.6. The van der Waals surface area contributed by atoms with Crippen molar-refractivity contribution in [2.75, 3.05) is 0 Å². The smallest absolute Gasteiger partial charge is 0.357 e. The van der Waals surface area contributed by atoms with Gasteiger partial charge in [-0.2, -0.15) is 5.10 Å². The van der Waals surface area contributed by atoms with Crippen molar-refractivity contribution in [3.05, 3.63) is 57.0 Å². The molecular formula is C15H12ClN3O4. The average Bonchev–Trinajstić information content (AvgIpc) is 2.86. The number of pyridine rings is 1. The maximum atomic E-state index is 11.5. The lowest BCUT2D eigenvalue weighted by atomic mass is 10.1. The topological polar surface area (TPSA) is 108 Å². The number of benzene rings is 1. The first kappa shape index (κ1) is 15.1. The summed E-state index contributed by atoms with van der Waals surface area (Å²) in [6.07, 6.45) is 0.560. The van der Waals surface area contributed by atoms with E-state index in [-0.39, 0.29) is 16.7 Å². The number of nitrogens with zero attached hydrogens (tertiary/aromatic N) is 2. The fourth-order valence-corrected chi connectivity index (χ4v) is 2.50. The van der Waals surface area contributed by atoms with Gasteiger partial charge in [-0.3, -0.25) is 4.79 Å². The van der Waals surface area contributed by atoms with E-state index in [1.165, 1.54) is 4.68 Å². The summed E-state index contributed by atoms with van der Waals surface area (Å²) in [6, 6.07) is 8.15. The Balaban J connectivity index is 2.01. The lowest BCUT2D eigenvalue weighted by Crippen LogP contribution is -2.09. The van der Waals surface area contributed by atoms with Gasteiger partial charge in [-0.05, 0) is 24.1 Å². The molecule has 0 unspecified atom stereocenters. The van der Waals surface area contributed by atoms with Gasteiger partial charge in [-0.15, -0.1) is 0 Å². The third-order valence-corrected chi connectivity index (χ3v) is 3.70. The second-order valence-corrected chi connectivity index (χ2v) is 5.43. The molecule has 0 radical (unpaired) electrons. The Kier molecular flexibility index (Phi) is 3.79. The minimum atomic E-state index is -1.28. The fourth-order valence-electron chi connectivity index (χ4n) is 2.38. The maximum absolute atomic E-state index is 11.5. The highest BCUT2D eigenvalue weighted by atomic mass is 35.5. The molecule has 0 aliphatic rings. The molecule has 0 spiro atoms. The van der Waals surface area contributed by atoms with Crippen LogP contribution in [0, 0.1) is 0 Å². The summed E-state index contributed by atoms with van der Waals surface area (Å²) in [5.41, 5.74) is 0.336. The molecule has 8 heteroatoms. The Labute approximate surface area is 134 Å². The number of H-pyrrole nitrogens is 1. The number of aryl methyl sites for hydroxylation is 2. The molecule has 2 heterocycles. The first-order valence-electron chi connectivity index (χ1n) is 6.76. The standard InChI is InChI=1S/C15H12ClN3O4/c16-9-3-1-8(2-4-9)5-6-19-14-12(13(18-19)15(22)23)10(20)7-11(21)17-14/h1-4,7H,5-6H2,(H,22,23)(H2,17,20,21). The number of hydrogen-bond acceptors (Lipinski definition) is 4. The van der Waals surface area contributed by atoms with Crippen LogP contribution in [-0.2, 0) is 13.0 Å². The molecule has 0 amide bonds. The number of aromatic hydroxyl groups is 1. The summed E-state index contributed by atoms with van der Waals surface area (Å²) in [5, 5.41) is 23.7. The van der Waals surface area contributed by atoms with E-state index in [1.807, 2.05) is 12.1 Å². The van der Waals surface area contributed by atoms with Crippen LogP contribution in [0.1, 0.15) is 16.1 Å². The van der Waals surface area contributed by atoms with Gasteiger partial charge in [0.2, 0.25) is 0 Å². The van der Waals surface area contributed by atoms with E-state index >= 15 is 0 Å². The highest BCUT2D eigenvalue weighted by molar-refractivity contribution is 6.30. The Bertz CT molecular complexity index is 944. The lowest BCUT2D eigenvalue weighted by molar-refractivity contribution is 0.0691. The summed E-state index contributed by atoms with van der Waals surface area (Å²) >= 11 is 5.83. The van der Waals surface area contributed by atoms with E-state index in [0.29, 0.717) is 18.0 Å². The number of carbonyl (C=O) groups is 1. The van der Waals surface area contributed by atoms with Crippen LogP contribution in [0.2, 0.25) is 5.02 Å². The lowest BCUT2D eigenvalue weighted by Gasteiger charge is -2.04. The molecule has 0 saturated heterocycles. The molecule has 0 bridgehead atoms. The molecule has 7 nitrogen and oxygen atoms in total. The molecule has 0 aliphatic heterocycles. The first-order chi connectivity index (χ1) is 11.0. The Morgan fingerprint density at radius 3 is 2.65 bits per heavy atom. The molecule has 0 aliphatic carbocycles. The molecule has 118 valence electrons. The summed E-state index contributed by atoms with van der Waals surface area (Å²) in [5.74, 6) is -1.68. The van der Waals surface area contributed by atoms with E-state index in [1.54, 1.807) is 12.1 Å². The number of fused-ring (bicyclic) bond motifs is 1. The number of halogens is 1. The summed E-state index contributed by atoms with van der Waals surface area (Å²) in [7, 11) is 0. The predicted molar refractivity (Wildman–Crippen MR) is 84.1 cm³/mol. The summed E-state index contributed by atoms with van der Waals surface area (Å²) in [4.78, 5) is 25.3. The molecule has 3 N–H and O–H groups in total. The van der Waals surface area contributed by atoms with E-state index < -0.39 is 17.3 Å². The second kappa shape index (κ2) is 5.77. The molecule has 3 aromatic rings. The second-order valence-electron chi connectivity index (χ2n) is 5.00. The molecule has 0 saturated carbocycles. The number of aromatic amines is 1. The van der Waals surface area contributed by atoms with Crippen LogP contribution >= 0.6 is 11.6 Å². The van der Waals surface area contributed by atoms with Gasteiger partial charge in [-0.1, -0.05) is 23.7 Å². The van der Waals surface area contributed by atoms with Gasteiger partial charge in [-0.25, -0.2) is 9.48 Å². The van der Waals surface area contributed by atoms with Gasteiger partial charge >= 0.3 is 5.97 Å². The third kappa shape index (κ3) is 2.91. The van der Waals surface area contributed by atoms with Crippen LogP contribution in [0.5, 0.6) is 5.75 Å². The van der Waals surface area contributed by atoms with Crippen molar-refractivity contribution in [1.82, 2.24) is 14.8 Å². The zero-order valence-corrected chi connectivity index (χ0v) is 12.5. The van der Waals surface area contributed by atoms with Crippen molar-refractivity contribution in [2.24, 2.45) is 0 Å². The molecule has 1 aromatic carbocycles. The highest BCUT2D eigenvalue weighted by Gasteiger charge is 2.20. The number of nitrogens with one attached hydrogen (secondary N) is 1. The third-order valence-electron chi connectivity index (χ3n) is 3.45. The van der Waals surface area contributed by atoms with Crippen molar-refractivity contribution in [3.8, 4) is 5.75 Å². The number of aromatic carboxylic acids is 1. The number of carboxylic acid groups (broad SMARTS) is 1. The minimum absolute atomic E-state index is 0.0215. The molecule has 0 atom stereocenters. The Hall–Kier alpha value is -2.80. The Morgan fingerprint density at radius 2 is 2.00 bits per heavy atom. The van der Waals surface area contributed by atoms with Crippen molar-refractivity contribution in [2.45, 2.75) is 13.0 Å². The minimum Gasteiger partial charge on any atom is -0.507 e. The van der Waals surface area contributed by atoms with Crippen LogP contribution in [0.4, 0.5) is 0 Å². The molecule has 3 rings (SSSR count). The number of aromatic nitrogens is 3. The van der Waals surface area contributed by atoms with Crippen LogP contribution in [0.15, 0.2) is 35.1 Å². The van der Waals surface area contributed by atoms with E-state index in [0.717, 1.165) is 11.6 Å². The molecule has 23 heavy (non-hydrogen) atoms. The van der Waals surface area contributed by atoms with Gasteiger partial charge in [0.05, 0.1) is 5.39 Å². The van der Waals surface area contributed by atoms with Gasteiger partial charge in [0.25, 0.3) is 5.56 Å². The Morgan fingerprint density at radius 1 is 1.30 bits per heavy atom.